The average molecular weight is 229 g/mol. The molecule has 3 heteroatoms. The van der Waals surface area contributed by atoms with Crippen LogP contribution in [0.1, 0.15) is 19.5 Å². The molecule has 0 fully saturated rings. The Hall–Kier alpha value is -1.77. The van der Waals surface area contributed by atoms with Crippen LogP contribution in [0.15, 0.2) is 24.3 Å². The van der Waals surface area contributed by atoms with E-state index in [0.717, 1.165) is 34.5 Å². The van der Waals surface area contributed by atoms with E-state index in [1.165, 1.54) is 0 Å². The molecule has 0 unspecified atom stereocenters. The van der Waals surface area contributed by atoms with E-state index < -0.39 is 0 Å². The minimum absolute atomic E-state index is 0.611. The lowest BCUT2D eigenvalue weighted by molar-refractivity contribution is 0.689. The van der Waals surface area contributed by atoms with E-state index in [0.29, 0.717) is 5.92 Å². The molecule has 0 aliphatic carbocycles. The molecular weight excluding hydrogens is 210 g/mol. The maximum Gasteiger partial charge on any atom is 0.0727 e. The summed E-state index contributed by atoms with van der Waals surface area (Å²) in [7, 11) is 0. The van der Waals surface area contributed by atoms with Crippen LogP contribution in [-0.2, 0) is 0 Å². The van der Waals surface area contributed by atoms with Crippen LogP contribution in [0.5, 0.6) is 0 Å². The first-order valence-corrected chi connectivity index (χ1v) is 5.97. The number of nitrogens with one attached hydrogen (secondary N) is 1. The fourth-order valence-corrected chi connectivity index (χ4v) is 1.84. The highest BCUT2D eigenvalue weighted by atomic mass is 14.9. The molecular formula is C14H19N3. The first-order valence-electron chi connectivity index (χ1n) is 5.97. The Bertz CT molecular complexity index is 532. The van der Waals surface area contributed by atoms with Crippen molar-refractivity contribution in [2.24, 2.45) is 5.92 Å². The summed E-state index contributed by atoms with van der Waals surface area (Å²) in [6.45, 7) is 7.35. The number of benzene rings is 1. The van der Waals surface area contributed by atoms with Gasteiger partial charge in [0.1, 0.15) is 0 Å². The van der Waals surface area contributed by atoms with Gasteiger partial charge in [-0.15, -0.1) is 0 Å². The quantitative estimate of drug-likeness (QED) is 0.795. The molecule has 1 aromatic heterocycles. The summed E-state index contributed by atoms with van der Waals surface area (Å²) in [6.07, 6.45) is 0. The van der Waals surface area contributed by atoms with Crippen molar-refractivity contribution in [2.75, 3.05) is 17.6 Å². The van der Waals surface area contributed by atoms with Crippen molar-refractivity contribution in [1.29, 1.82) is 0 Å². The average Bonchev–Trinajstić information content (AvgIpc) is 2.26. The predicted molar refractivity (Wildman–Crippen MR) is 74.2 cm³/mol. The maximum atomic E-state index is 5.83. The highest BCUT2D eigenvalue weighted by Crippen LogP contribution is 2.25. The van der Waals surface area contributed by atoms with Crippen molar-refractivity contribution in [3.63, 3.8) is 0 Å². The van der Waals surface area contributed by atoms with Crippen LogP contribution in [0.3, 0.4) is 0 Å². The van der Waals surface area contributed by atoms with E-state index in [4.69, 9.17) is 5.73 Å². The zero-order valence-electron chi connectivity index (χ0n) is 10.6. The summed E-state index contributed by atoms with van der Waals surface area (Å²) in [6, 6.07) is 7.91. The number of rotatable bonds is 3. The van der Waals surface area contributed by atoms with Gasteiger partial charge in [-0.2, -0.15) is 0 Å². The van der Waals surface area contributed by atoms with Crippen LogP contribution >= 0.6 is 0 Å². The van der Waals surface area contributed by atoms with Gasteiger partial charge in [-0.3, -0.25) is 4.98 Å². The minimum atomic E-state index is 0.611. The molecule has 0 aliphatic rings. The second-order valence-corrected chi connectivity index (χ2v) is 4.86. The first-order chi connectivity index (χ1) is 8.06. The zero-order chi connectivity index (χ0) is 12.4. The third-order valence-corrected chi connectivity index (χ3v) is 2.66. The molecule has 0 aliphatic heterocycles. The first kappa shape index (κ1) is 11.7. The van der Waals surface area contributed by atoms with E-state index in [2.05, 4.69) is 30.2 Å². The molecule has 2 aromatic rings. The molecule has 0 radical (unpaired) electrons. The van der Waals surface area contributed by atoms with Gasteiger partial charge >= 0.3 is 0 Å². The summed E-state index contributed by atoms with van der Waals surface area (Å²) in [4.78, 5) is 4.51. The summed E-state index contributed by atoms with van der Waals surface area (Å²) in [5.41, 5.74) is 9.74. The molecule has 90 valence electrons. The smallest absolute Gasteiger partial charge is 0.0727 e. The second-order valence-electron chi connectivity index (χ2n) is 4.86. The molecule has 3 nitrogen and oxygen atoms in total. The molecule has 1 heterocycles. The molecule has 2 rings (SSSR count). The Labute approximate surface area is 102 Å². The molecule has 0 saturated heterocycles. The van der Waals surface area contributed by atoms with E-state index in [1.54, 1.807) is 0 Å². The molecule has 17 heavy (non-hydrogen) atoms. The Morgan fingerprint density at radius 1 is 1.29 bits per heavy atom. The van der Waals surface area contributed by atoms with Gasteiger partial charge in [0.25, 0.3) is 0 Å². The second kappa shape index (κ2) is 4.62. The SMILES string of the molecule is Cc1cc(NCC(C)C)c2cc(N)ccc2n1. The van der Waals surface area contributed by atoms with Crippen molar-refractivity contribution in [2.45, 2.75) is 20.8 Å². The fraction of sp³-hybridized carbons (Fsp3) is 0.357. The van der Waals surface area contributed by atoms with E-state index >= 15 is 0 Å². The van der Waals surface area contributed by atoms with Crippen LogP contribution in [0.4, 0.5) is 11.4 Å². The number of aryl methyl sites for hydroxylation is 1. The van der Waals surface area contributed by atoms with Gasteiger partial charge in [0.05, 0.1) is 5.52 Å². The van der Waals surface area contributed by atoms with Crippen molar-refractivity contribution < 1.29 is 0 Å². The monoisotopic (exact) mass is 229 g/mol. The van der Waals surface area contributed by atoms with Crippen molar-refractivity contribution in [3.05, 3.63) is 30.0 Å². The third-order valence-electron chi connectivity index (χ3n) is 2.66. The van der Waals surface area contributed by atoms with Crippen LogP contribution in [0.2, 0.25) is 0 Å². The van der Waals surface area contributed by atoms with Crippen molar-refractivity contribution >= 4 is 22.3 Å². The number of pyridine rings is 1. The number of nitrogens with zero attached hydrogens (tertiary/aromatic N) is 1. The van der Waals surface area contributed by atoms with E-state index in [9.17, 15) is 0 Å². The number of fused-ring (bicyclic) bond motifs is 1. The van der Waals surface area contributed by atoms with Gasteiger partial charge < -0.3 is 11.1 Å². The highest BCUT2D eigenvalue weighted by Gasteiger charge is 2.04. The minimum Gasteiger partial charge on any atom is -0.399 e. The standard InChI is InChI=1S/C14H19N3/c1-9(2)8-16-14-6-10(3)17-13-5-4-11(15)7-12(13)14/h4-7,9H,8,15H2,1-3H3,(H,16,17). The van der Waals surface area contributed by atoms with Crippen LogP contribution in [0, 0.1) is 12.8 Å². The number of aromatic nitrogens is 1. The predicted octanol–water partition coefficient (Wildman–Crippen LogP) is 3.19. The topological polar surface area (TPSA) is 50.9 Å². The molecule has 0 atom stereocenters. The molecule has 3 N–H and O–H groups in total. The van der Waals surface area contributed by atoms with Crippen LogP contribution < -0.4 is 11.1 Å². The van der Waals surface area contributed by atoms with E-state index in [-0.39, 0.29) is 0 Å². The van der Waals surface area contributed by atoms with Gasteiger partial charge in [-0.1, -0.05) is 13.8 Å². The number of anilines is 2. The molecule has 0 bridgehead atoms. The highest BCUT2D eigenvalue weighted by molar-refractivity contribution is 5.93. The third kappa shape index (κ3) is 2.67. The summed E-state index contributed by atoms with van der Waals surface area (Å²) >= 11 is 0. The lowest BCUT2D eigenvalue weighted by atomic mass is 10.1. The normalized spacial score (nSPS) is 11.1. The number of nitrogen functional groups attached to an aromatic ring is 1. The van der Waals surface area contributed by atoms with Gasteiger partial charge in [0.15, 0.2) is 0 Å². The van der Waals surface area contributed by atoms with Crippen molar-refractivity contribution in [3.8, 4) is 0 Å². The lowest BCUT2D eigenvalue weighted by Crippen LogP contribution is -2.08. The van der Waals surface area contributed by atoms with Crippen LogP contribution in [-0.4, -0.2) is 11.5 Å². The summed E-state index contributed by atoms with van der Waals surface area (Å²) in [5.74, 6) is 0.611. The van der Waals surface area contributed by atoms with Gasteiger partial charge in [-0.25, -0.2) is 0 Å². The Morgan fingerprint density at radius 2 is 2.06 bits per heavy atom. The van der Waals surface area contributed by atoms with Gasteiger partial charge in [0.2, 0.25) is 0 Å². The Kier molecular flexibility index (Phi) is 3.18. The summed E-state index contributed by atoms with van der Waals surface area (Å²) < 4.78 is 0. The van der Waals surface area contributed by atoms with E-state index in [1.807, 2.05) is 25.1 Å². The van der Waals surface area contributed by atoms with Gasteiger partial charge in [-0.05, 0) is 37.1 Å². The zero-order valence-corrected chi connectivity index (χ0v) is 10.6. The van der Waals surface area contributed by atoms with Gasteiger partial charge in [0, 0.05) is 29.0 Å². The maximum absolute atomic E-state index is 5.83. The largest absolute Gasteiger partial charge is 0.399 e. The number of hydrogen-bond donors (Lipinski definition) is 2. The van der Waals surface area contributed by atoms with Crippen LogP contribution in [0.25, 0.3) is 10.9 Å². The number of nitrogens with two attached hydrogens (primary N) is 1. The molecule has 1 aromatic carbocycles. The molecule has 0 spiro atoms. The van der Waals surface area contributed by atoms with Crippen molar-refractivity contribution in [1.82, 2.24) is 4.98 Å². The molecule has 0 amide bonds. The lowest BCUT2D eigenvalue weighted by Gasteiger charge is -2.12. The number of hydrogen-bond acceptors (Lipinski definition) is 3. The Morgan fingerprint density at radius 3 is 2.76 bits per heavy atom. The Balaban J connectivity index is 2.48. The molecule has 0 saturated carbocycles. The fourth-order valence-electron chi connectivity index (χ4n) is 1.84. The summed E-state index contributed by atoms with van der Waals surface area (Å²) in [5, 5.41) is 4.55.